The lowest BCUT2D eigenvalue weighted by atomic mass is 10.1. The summed E-state index contributed by atoms with van der Waals surface area (Å²) in [5.74, 6) is 1.47. The number of aryl methyl sites for hydroxylation is 1. The molecule has 7 heteroatoms. The van der Waals surface area contributed by atoms with Crippen molar-refractivity contribution < 1.29 is 23.4 Å². The highest BCUT2D eigenvalue weighted by molar-refractivity contribution is 5.87. The minimum atomic E-state index is -0.667. The SMILES string of the molecule is Cc1ccc(-c2nnc([C@@H](C)OC(=O)/C=C/c3ccc4c(c3)OCCO4)o2)cc1. The number of carbonyl (C=O) groups excluding carboxylic acids is 1. The van der Waals surface area contributed by atoms with Gasteiger partial charge in [-0.3, -0.25) is 0 Å². The fraction of sp³-hybridized carbons (Fsp3) is 0.227. The lowest BCUT2D eigenvalue weighted by Gasteiger charge is -2.18. The first-order valence-electron chi connectivity index (χ1n) is 9.27. The van der Waals surface area contributed by atoms with Crippen LogP contribution in [-0.2, 0) is 9.53 Å². The monoisotopic (exact) mass is 392 g/mol. The first kappa shape index (κ1) is 18.7. The molecule has 0 amide bonds. The maximum atomic E-state index is 12.1. The zero-order valence-corrected chi connectivity index (χ0v) is 16.1. The van der Waals surface area contributed by atoms with E-state index in [0.717, 1.165) is 16.7 Å². The zero-order valence-electron chi connectivity index (χ0n) is 16.1. The molecular formula is C22H20N2O5. The van der Waals surface area contributed by atoms with Crippen LogP contribution in [0.2, 0.25) is 0 Å². The highest BCUT2D eigenvalue weighted by atomic mass is 16.6. The Hall–Kier alpha value is -3.61. The smallest absolute Gasteiger partial charge is 0.331 e. The van der Waals surface area contributed by atoms with Gasteiger partial charge in [0.1, 0.15) is 13.2 Å². The standard InChI is InChI=1S/C22H20N2O5/c1-14-3-7-17(8-4-14)22-24-23-21(29-22)15(2)28-20(25)10-6-16-5-9-18-19(13-16)27-12-11-26-18/h3-10,13,15H,11-12H2,1-2H3/b10-6+/t15-/m1/s1. The van der Waals surface area contributed by atoms with Crippen LogP contribution in [0.25, 0.3) is 17.5 Å². The molecule has 1 aliphatic heterocycles. The summed E-state index contributed by atoms with van der Waals surface area (Å²) in [5, 5.41) is 8.01. The molecule has 2 heterocycles. The van der Waals surface area contributed by atoms with Gasteiger partial charge in [-0.1, -0.05) is 23.8 Å². The van der Waals surface area contributed by atoms with Gasteiger partial charge in [0.05, 0.1) is 0 Å². The van der Waals surface area contributed by atoms with E-state index >= 15 is 0 Å². The molecule has 0 radical (unpaired) electrons. The maximum absolute atomic E-state index is 12.1. The number of esters is 1. The third kappa shape index (κ3) is 4.45. The summed E-state index contributed by atoms with van der Waals surface area (Å²) in [6, 6.07) is 13.2. The molecule has 0 N–H and O–H groups in total. The van der Waals surface area contributed by atoms with Crippen molar-refractivity contribution in [2.75, 3.05) is 13.2 Å². The van der Waals surface area contributed by atoms with Crippen LogP contribution in [0.1, 0.15) is 30.0 Å². The summed E-state index contributed by atoms with van der Waals surface area (Å²) in [5.41, 5.74) is 2.75. The highest BCUT2D eigenvalue weighted by Gasteiger charge is 2.18. The molecule has 0 bridgehead atoms. The Morgan fingerprint density at radius 3 is 2.62 bits per heavy atom. The molecule has 148 valence electrons. The van der Waals surface area contributed by atoms with Crippen molar-refractivity contribution in [2.24, 2.45) is 0 Å². The Labute approximate surface area is 167 Å². The van der Waals surface area contributed by atoms with Crippen molar-refractivity contribution in [1.82, 2.24) is 10.2 Å². The average molecular weight is 392 g/mol. The fourth-order valence-electron chi connectivity index (χ4n) is 2.80. The summed E-state index contributed by atoms with van der Waals surface area (Å²) in [6.45, 7) is 4.73. The second kappa shape index (κ2) is 8.18. The third-order valence-electron chi connectivity index (χ3n) is 4.36. The second-order valence-corrected chi connectivity index (χ2v) is 6.63. The molecule has 3 aromatic rings. The average Bonchev–Trinajstić information content (AvgIpc) is 3.23. The Morgan fingerprint density at radius 1 is 1.07 bits per heavy atom. The first-order chi connectivity index (χ1) is 14.1. The van der Waals surface area contributed by atoms with E-state index in [1.165, 1.54) is 6.08 Å². The van der Waals surface area contributed by atoms with E-state index in [2.05, 4.69) is 10.2 Å². The van der Waals surface area contributed by atoms with Crippen LogP contribution in [-0.4, -0.2) is 29.4 Å². The number of ether oxygens (including phenoxy) is 3. The van der Waals surface area contributed by atoms with Gasteiger partial charge in [-0.25, -0.2) is 4.79 Å². The Morgan fingerprint density at radius 2 is 1.83 bits per heavy atom. The molecule has 0 saturated carbocycles. The normalized spacial score (nSPS) is 14.0. The number of hydrogen-bond donors (Lipinski definition) is 0. The molecule has 1 aromatic heterocycles. The number of hydrogen-bond acceptors (Lipinski definition) is 7. The quantitative estimate of drug-likeness (QED) is 0.477. The van der Waals surface area contributed by atoms with Crippen LogP contribution in [0.4, 0.5) is 0 Å². The Balaban J connectivity index is 1.38. The molecule has 1 aliphatic rings. The van der Waals surface area contributed by atoms with Crippen molar-refractivity contribution in [1.29, 1.82) is 0 Å². The lowest BCUT2D eigenvalue weighted by molar-refractivity contribution is -0.143. The first-order valence-corrected chi connectivity index (χ1v) is 9.27. The van der Waals surface area contributed by atoms with Crippen LogP contribution in [0.15, 0.2) is 53.0 Å². The molecule has 1 atom stereocenters. The summed E-state index contributed by atoms with van der Waals surface area (Å²) in [4.78, 5) is 12.1. The van der Waals surface area contributed by atoms with Gasteiger partial charge in [0.15, 0.2) is 17.6 Å². The molecule has 0 spiro atoms. The fourth-order valence-corrected chi connectivity index (χ4v) is 2.80. The van der Waals surface area contributed by atoms with Crippen molar-refractivity contribution in [2.45, 2.75) is 20.0 Å². The number of rotatable bonds is 5. The molecule has 0 saturated heterocycles. The predicted octanol–water partition coefficient (Wildman–Crippen LogP) is 4.13. The van der Waals surface area contributed by atoms with Gasteiger partial charge in [-0.15, -0.1) is 10.2 Å². The van der Waals surface area contributed by atoms with Gasteiger partial charge < -0.3 is 18.6 Å². The van der Waals surface area contributed by atoms with Crippen LogP contribution in [0.5, 0.6) is 11.5 Å². The number of fused-ring (bicyclic) bond motifs is 1. The van der Waals surface area contributed by atoms with Gasteiger partial charge in [0.25, 0.3) is 5.89 Å². The number of carbonyl (C=O) groups is 1. The topological polar surface area (TPSA) is 83.7 Å². The minimum Gasteiger partial charge on any atom is -0.486 e. The number of aromatic nitrogens is 2. The van der Waals surface area contributed by atoms with Crippen molar-refractivity contribution >= 4 is 12.0 Å². The van der Waals surface area contributed by atoms with Crippen LogP contribution in [0, 0.1) is 6.92 Å². The molecular weight excluding hydrogens is 372 g/mol. The van der Waals surface area contributed by atoms with E-state index in [0.29, 0.717) is 30.6 Å². The van der Waals surface area contributed by atoms with E-state index < -0.39 is 12.1 Å². The molecule has 7 nitrogen and oxygen atoms in total. The van der Waals surface area contributed by atoms with Crippen molar-refractivity contribution in [3.63, 3.8) is 0 Å². The third-order valence-corrected chi connectivity index (χ3v) is 4.36. The van der Waals surface area contributed by atoms with Gasteiger partial charge in [0, 0.05) is 11.6 Å². The molecule has 0 unspecified atom stereocenters. The van der Waals surface area contributed by atoms with Crippen molar-refractivity contribution in [3.8, 4) is 23.0 Å². The molecule has 0 aliphatic carbocycles. The molecule has 2 aromatic carbocycles. The zero-order chi connectivity index (χ0) is 20.2. The Bertz CT molecular complexity index is 1040. The maximum Gasteiger partial charge on any atom is 0.331 e. The van der Waals surface area contributed by atoms with E-state index in [4.69, 9.17) is 18.6 Å². The van der Waals surface area contributed by atoms with Gasteiger partial charge in [-0.2, -0.15) is 0 Å². The van der Waals surface area contributed by atoms with Crippen LogP contribution in [0.3, 0.4) is 0 Å². The number of benzene rings is 2. The highest BCUT2D eigenvalue weighted by Crippen LogP contribution is 2.31. The van der Waals surface area contributed by atoms with Crippen LogP contribution < -0.4 is 9.47 Å². The largest absolute Gasteiger partial charge is 0.486 e. The van der Waals surface area contributed by atoms with Gasteiger partial charge in [0.2, 0.25) is 5.89 Å². The molecule has 0 fully saturated rings. The Kier molecular flexibility index (Phi) is 5.29. The number of nitrogens with zero attached hydrogens (tertiary/aromatic N) is 2. The summed E-state index contributed by atoms with van der Waals surface area (Å²) in [6.07, 6.45) is 2.33. The minimum absolute atomic E-state index is 0.238. The molecule has 29 heavy (non-hydrogen) atoms. The van der Waals surface area contributed by atoms with E-state index in [1.54, 1.807) is 13.0 Å². The van der Waals surface area contributed by atoms with Crippen LogP contribution >= 0.6 is 0 Å². The summed E-state index contributed by atoms with van der Waals surface area (Å²) >= 11 is 0. The predicted molar refractivity (Wildman–Crippen MR) is 105 cm³/mol. The van der Waals surface area contributed by atoms with E-state index in [1.807, 2.05) is 49.4 Å². The van der Waals surface area contributed by atoms with E-state index in [-0.39, 0.29) is 5.89 Å². The summed E-state index contributed by atoms with van der Waals surface area (Å²) < 4.78 is 22.0. The lowest BCUT2D eigenvalue weighted by Crippen LogP contribution is -2.15. The molecule has 4 rings (SSSR count). The van der Waals surface area contributed by atoms with Gasteiger partial charge >= 0.3 is 5.97 Å². The summed E-state index contributed by atoms with van der Waals surface area (Å²) in [7, 11) is 0. The second-order valence-electron chi connectivity index (χ2n) is 6.63. The van der Waals surface area contributed by atoms with Gasteiger partial charge in [-0.05, 0) is 49.8 Å². The van der Waals surface area contributed by atoms with Crippen molar-refractivity contribution in [3.05, 3.63) is 65.6 Å². The van der Waals surface area contributed by atoms with E-state index in [9.17, 15) is 4.79 Å².